The van der Waals surface area contributed by atoms with Crippen LogP contribution in [0.25, 0.3) is 0 Å². The molecule has 0 amide bonds. The highest BCUT2D eigenvalue weighted by molar-refractivity contribution is 8.00. The maximum absolute atomic E-state index is 5.94. The minimum atomic E-state index is 0.720. The quantitative estimate of drug-likeness (QED) is 0.725. The Kier molecular flexibility index (Phi) is 6.74. The normalized spacial score (nSPS) is 23.4. The highest BCUT2D eigenvalue weighted by Gasteiger charge is 2.23. The maximum atomic E-state index is 5.94. The molecule has 2 atom stereocenters. The summed E-state index contributed by atoms with van der Waals surface area (Å²) in [4.78, 5) is 0. The van der Waals surface area contributed by atoms with Crippen molar-refractivity contribution < 1.29 is 0 Å². The van der Waals surface area contributed by atoms with Gasteiger partial charge in [-0.25, -0.2) is 0 Å². The lowest BCUT2D eigenvalue weighted by atomic mass is 9.96. The van der Waals surface area contributed by atoms with E-state index in [1.807, 2.05) is 0 Å². The molecule has 1 saturated carbocycles. The van der Waals surface area contributed by atoms with E-state index in [0.717, 1.165) is 23.0 Å². The lowest BCUT2D eigenvalue weighted by Gasteiger charge is -2.26. The molecular weight excluding hydrogens is 202 g/mol. The van der Waals surface area contributed by atoms with Crippen molar-refractivity contribution in [2.24, 2.45) is 11.7 Å². The molecule has 0 heterocycles. The SMILES string of the molecule is CCC(C)SC(CN)C1CCCCCC1. The summed E-state index contributed by atoms with van der Waals surface area (Å²) in [6.07, 6.45) is 9.87. The zero-order valence-corrected chi connectivity index (χ0v) is 11.2. The van der Waals surface area contributed by atoms with Gasteiger partial charge in [-0.1, -0.05) is 39.5 Å². The largest absolute Gasteiger partial charge is 0.329 e. The van der Waals surface area contributed by atoms with Crippen LogP contribution in [0.4, 0.5) is 0 Å². The summed E-state index contributed by atoms with van der Waals surface area (Å²) in [5.41, 5.74) is 5.94. The average molecular weight is 229 g/mol. The van der Waals surface area contributed by atoms with Gasteiger partial charge in [-0.3, -0.25) is 0 Å². The summed E-state index contributed by atoms with van der Waals surface area (Å²) in [7, 11) is 0. The molecule has 1 fully saturated rings. The molecule has 15 heavy (non-hydrogen) atoms. The van der Waals surface area contributed by atoms with Crippen LogP contribution in [0.3, 0.4) is 0 Å². The topological polar surface area (TPSA) is 26.0 Å². The average Bonchev–Trinajstić information content (AvgIpc) is 2.54. The minimum Gasteiger partial charge on any atom is -0.329 e. The van der Waals surface area contributed by atoms with Crippen molar-refractivity contribution in [3.63, 3.8) is 0 Å². The predicted molar refractivity (Wildman–Crippen MR) is 71.4 cm³/mol. The van der Waals surface area contributed by atoms with Gasteiger partial charge < -0.3 is 5.73 Å². The minimum absolute atomic E-state index is 0.720. The number of nitrogens with two attached hydrogens (primary N) is 1. The maximum Gasteiger partial charge on any atom is 0.0201 e. The number of thioether (sulfide) groups is 1. The fourth-order valence-electron chi connectivity index (χ4n) is 2.44. The van der Waals surface area contributed by atoms with E-state index >= 15 is 0 Å². The number of hydrogen-bond donors (Lipinski definition) is 1. The van der Waals surface area contributed by atoms with Crippen molar-refractivity contribution in [1.82, 2.24) is 0 Å². The summed E-state index contributed by atoms with van der Waals surface area (Å²) in [5, 5.41) is 1.50. The van der Waals surface area contributed by atoms with Crippen LogP contribution in [0, 0.1) is 5.92 Å². The highest BCUT2D eigenvalue weighted by atomic mass is 32.2. The van der Waals surface area contributed by atoms with Crippen LogP contribution in [0.5, 0.6) is 0 Å². The molecule has 0 aromatic carbocycles. The number of rotatable bonds is 5. The van der Waals surface area contributed by atoms with Gasteiger partial charge in [0.1, 0.15) is 0 Å². The van der Waals surface area contributed by atoms with E-state index in [-0.39, 0.29) is 0 Å². The fraction of sp³-hybridized carbons (Fsp3) is 1.00. The van der Waals surface area contributed by atoms with Crippen molar-refractivity contribution in [2.75, 3.05) is 6.54 Å². The van der Waals surface area contributed by atoms with Gasteiger partial charge in [-0.15, -0.1) is 0 Å². The number of hydrogen-bond acceptors (Lipinski definition) is 2. The molecule has 0 saturated heterocycles. The smallest absolute Gasteiger partial charge is 0.0201 e. The Hall–Kier alpha value is 0.310. The van der Waals surface area contributed by atoms with E-state index in [1.54, 1.807) is 0 Å². The Morgan fingerprint density at radius 1 is 1.20 bits per heavy atom. The van der Waals surface area contributed by atoms with E-state index in [0.29, 0.717) is 0 Å². The molecular formula is C13H27NS. The Morgan fingerprint density at radius 3 is 2.27 bits per heavy atom. The Bertz CT molecular complexity index is 153. The van der Waals surface area contributed by atoms with Gasteiger partial charge in [0.05, 0.1) is 0 Å². The zero-order valence-electron chi connectivity index (χ0n) is 10.4. The molecule has 90 valence electrons. The fourth-order valence-corrected chi connectivity index (χ4v) is 3.83. The van der Waals surface area contributed by atoms with Crippen LogP contribution in [0.15, 0.2) is 0 Å². The van der Waals surface area contributed by atoms with Crippen LogP contribution >= 0.6 is 11.8 Å². The summed E-state index contributed by atoms with van der Waals surface area (Å²) in [5.74, 6) is 0.900. The second-order valence-corrected chi connectivity index (χ2v) is 6.56. The molecule has 2 unspecified atom stereocenters. The summed E-state index contributed by atoms with van der Waals surface area (Å²) in [6.45, 7) is 5.49. The second kappa shape index (κ2) is 7.56. The molecule has 0 aliphatic heterocycles. The molecule has 1 rings (SSSR count). The molecule has 0 spiro atoms. The van der Waals surface area contributed by atoms with E-state index in [2.05, 4.69) is 25.6 Å². The summed E-state index contributed by atoms with van der Waals surface area (Å²) in [6, 6.07) is 0. The lowest BCUT2D eigenvalue weighted by molar-refractivity contribution is 0.444. The molecule has 2 N–H and O–H groups in total. The van der Waals surface area contributed by atoms with Gasteiger partial charge in [0, 0.05) is 17.0 Å². The van der Waals surface area contributed by atoms with E-state index in [1.165, 1.54) is 44.9 Å². The first-order chi connectivity index (χ1) is 7.27. The Balaban J connectivity index is 2.40. The van der Waals surface area contributed by atoms with E-state index in [9.17, 15) is 0 Å². The molecule has 1 aliphatic carbocycles. The van der Waals surface area contributed by atoms with Gasteiger partial charge in [-0.2, -0.15) is 11.8 Å². The molecule has 0 bridgehead atoms. The van der Waals surface area contributed by atoms with Crippen LogP contribution in [0.2, 0.25) is 0 Å². The van der Waals surface area contributed by atoms with Crippen molar-refractivity contribution in [2.45, 2.75) is 69.3 Å². The molecule has 0 radical (unpaired) electrons. The third-order valence-electron chi connectivity index (χ3n) is 3.64. The summed E-state index contributed by atoms with van der Waals surface area (Å²) >= 11 is 2.14. The van der Waals surface area contributed by atoms with E-state index in [4.69, 9.17) is 5.73 Å². The third-order valence-corrected chi connectivity index (χ3v) is 5.36. The van der Waals surface area contributed by atoms with Gasteiger partial charge in [0.2, 0.25) is 0 Å². The molecule has 0 aromatic rings. The standard InChI is InChI=1S/C13H27NS/c1-3-11(2)15-13(10-14)12-8-6-4-5-7-9-12/h11-13H,3-10,14H2,1-2H3. The molecule has 2 heteroatoms. The Labute approximate surface area is 99.6 Å². The molecule has 0 aromatic heterocycles. The van der Waals surface area contributed by atoms with Crippen LogP contribution in [-0.4, -0.2) is 17.0 Å². The summed E-state index contributed by atoms with van der Waals surface area (Å²) < 4.78 is 0. The third kappa shape index (κ3) is 4.78. The molecule has 1 nitrogen and oxygen atoms in total. The highest BCUT2D eigenvalue weighted by Crippen LogP contribution is 2.33. The molecule has 1 aliphatic rings. The first-order valence-electron chi connectivity index (χ1n) is 6.63. The van der Waals surface area contributed by atoms with Crippen molar-refractivity contribution in [3.8, 4) is 0 Å². The monoisotopic (exact) mass is 229 g/mol. The Morgan fingerprint density at radius 2 is 1.80 bits per heavy atom. The van der Waals surface area contributed by atoms with Gasteiger partial charge in [-0.05, 0) is 25.2 Å². The van der Waals surface area contributed by atoms with Crippen molar-refractivity contribution >= 4 is 11.8 Å². The van der Waals surface area contributed by atoms with Crippen LogP contribution in [-0.2, 0) is 0 Å². The van der Waals surface area contributed by atoms with Crippen molar-refractivity contribution in [1.29, 1.82) is 0 Å². The van der Waals surface area contributed by atoms with E-state index < -0.39 is 0 Å². The van der Waals surface area contributed by atoms with Gasteiger partial charge in [0.15, 0.2) is 0 Å². The lowest BCUT2D eigenvalue weighted by Crippen LogP contribution is -2.27. The second-order valence-electron chi connectivity index (χ2n) is 4.88. The van der Waals surface area contributed by atoms with Crippen LogP contribution < -0.4 is 5.73 Å². The van der Waals surface area contributed by atoms with Gasteiger partial charge >= 0.3 is 0 Å². The predicted octanol–water partition coefficient (Wildman–Crippen LogP) is 3.82. The van der Waals surface area contributed by atoms with Crippen LogP contribution in [0.1, 0.15) is 58.8 Å². The van der Waals surface area contributed by atoms with Crippen molar-refractivity contribution in [3.05, 3.63) is 0 Å². The zero-order chi connectivity index (χ0) is 11.1. The first-order valence-corrected chi connectivity index (χ1v) is 7.57. The van der Waals surface area contributed by atoms with Gasteiger partial charge in [0.25, 0.3) is 0 Å². The first kappa shape index (κ1) is 13.4.